The van der Waals surface area contributed by atoms with Gasteiger partial charge < -0.3 is 33.9 Å². The zero-order valence-corrected chi connectivity index (χ0v) is 21.8. The minimum Gasteiger partial charge on any atom is -0.493 e. The molecule has 2 fully saturated rings. The zero-order chi connectivity index (χ0) is 26.3. The number of methoxy groups -OCH3 is 2. The molecule has 5 atom stereocenters. The number of rotatable bonds is 3. The van der Waals surface area contributed by atoms with Gasteiger partial charge >= 0.3 is 5.63 Å². The predicted octanol–water partition coefficient (Wildman–Crippen LogP) is 3.46. The molecule has 3 N–H and O–H groups in total. The van der Waals surface area contributed by atoms with E-state index in [0.717, 1.165) is 0 Å². The number of hydrogen-bond donors (Lipinski definition) is 3. The van der Waals surface area contributed by atoms with E-state index in [-0.39, 0.29) is 12.0 Å². The summed E-state index contributed by atoms with van der Waals surface area (Å²) in [7, 11) is 3.07. The molecule has 196 valence electrons. The van der Waals surface area contributed by atoms with Crippen molar-refractivity contribution in [2.75, 3.05) is 14.2 Å². The topological polar surface area (TPSA) is 119 Å². The highest BCUT2D eigenvalue weighted by Gasteiger charge is 2.77. The number of benzene rings is 1. The quantitative estimate of drug-likeness (QED) is 0.586. The number of fused-ring (bicyclic) bond motifs is 4. The summed E-state index contributed by atoms with van der Waals surface area (Å²) in [5.74, 6) is 1.67. The molecule has 0 spiro atoms. The lowest BCUT2D eigenvalue weighted by molar-refractivity contribution is -0.352. The van der Waals surface area contributed by atoms with Crippen molar-refractivity contribution >= 4 is 0 Å². The first-order chi connectivity index (χ1) is 16.8. The Morgan fingerprint density at radius 1 is 0.944 bits per heavy atom. The van der Waals surface area contributed by atoms with Gasteiger partial charge in [0, 0.05) is 18.1 Å². The standard InChI is InChI=1S/C28H36O8/c1-24(2)10-9-22(29)26(4)27(24,31)12-11-25(3)28(26,32)15-17-20(36-25)14-19(35-23(17)30)16-7-8-18(33-5)21(13-16)34-6/h7-8,13-14,22,29,31-32H,9-12,15H2,1-6H3/t22-,25-,26+,27-,28-/m0/s1. The minimum absolute atomic E-state index is 0.0979. The summed E-state index contributed by atoms with van der Waals surface area (Å²) in [5.41, 5.74) is -5.91. The normalized spacial score (nSPS) is 36.6. The summed E-state index contributed by atoms with van der Waals surface area (Å²) in [6.45, 7) is 7.50. The van der Waals surface area contributed by atoms with E-state index >= 15 is 0 Å². The molecule has 8 heteroatoms. The van der Waals surface area contributed by atoms with Gasteiger partial charge in [0.05, 0.1) is 36.9 Å². The summed E-state index contributed by atoms with van der Waals surface area (Å²) < 4.78 is 22.8. The Morgan fingerprint density at radius 3 is 2.31 bits per heavy atom. The Balaban J connectivity index is 1.63. The Kier molecular flexibility index (Phi) is 5.39. The number of ether oxygens (including phenoxy) is 3. The van der Waals surface area contributed by atoms with Crippen molar-refractivity contribution in [1.82, 2.24) is 0 Å². The lowest BCUT2D eigenvalue weighted by Gasteiger charge is -2.71. The zero-order valence-electron chi connectivity index (χ0n) is 21.8. The Morgan fingerprint density at radius 2 is 1.64 bits per heavy atom. The van der Waals surface area contributed by atoms with Crippen LogP contribution in [0.1, 0.15) is 58.9 Å². The van der Waals surface area contributed by atoms with Crippen LogP contribution in [0.25, 0.3) is 11.3 Å². The van der Waals surface area contributed by atoms with Gasteiger partial charge in [-0.3, -0.25) is 0 Å². The van der Waals surface area contributed by atoms with E-state index in [4.69, 9.17) is 18.6 Å². The molecule has 1 aromatic carbocycles. The molecular formula is C28H36O8. The molecule has 2 heterocycles. The van der Waals surface area contributed by atoms with Crippen LogP contribution in [0.3, 0.4) is 0 Å². The van der Waals surface area contributed by atoms with Crippen molar-refractivity contribution in [3.8, 4) is 28.6 Å². The molecule has 1 aromatic heterocycles. The fourth-order valence-corrected chi connectivity index (χ4v) is 7.25. The third kappa shape index (κ3) is 2.95. The van der Waals surface area contributed by atoms with Gasteiger partial charge in [0.25, 0.3) is 0 Å². The van der Waals surface area contributed by atoms with Crippen molar-refractivity contribution in [3.63, 3.8) is 0 Å². The maximum atomic E-state index is 13.3. The Labute approximate surface area is 210 Å². The highest BCUT2D eigenvalue weighted by Crippen LogP contribution is 2.68. The predicted molar refractivity (Wildman–Crippen MR) is 133 cm³/mol. The fourth-order valence-electron chi connectivity index (χ4n) is 7.25. The van der Waals surface area contributed by atoms with E-state index in [1.165, 1.54) is 7.11 Å². The van der Waals surface area contributed by atoms with Crippen LogP contribution in [0.2, 0.25) is 0 Å². The highest BCUT2D eigenvalue weighted by atomic mass is 16.5. The molecule has 3 aliphatic rings. The summed E-state index contributed by atoms with van der Waals surface area (Å²) in [6, 6.07) is 6.86. The molecule has 2 saturated carbocycles. The van der Waals surface area contributed by atoms with Gasteiger partial charge in [-0.2, -0.15) is 0 Å². The fraction of sp³-hybridized carbons (Fsp3) is 0.607. The molecule has 0 amide bonds. The SMILES string of the molecule is COc1ccc(-c2cc3c(c(=O)o2)C[C@@]2(O)[C@]4(C)[C@@H](O)CCC(C)(C)[C@@]4(O)CC[C@]2(C)O3)cc1OC. The average molecular weight is 501 g/mol. The highest BCUT2D eigenvalue weighted by molar-refractivity contribution is 5.64. The van der Waals surface area contributed by atoms with Crippen LogP contribution in [-0.4, -0.2) is 52.4 Å². The average Bonchev–Trinajstić information content (AvgIpc) is 2.84. The molecular weight excluding hydrogens is 464 g/mol. The first-order valence-electron chi connectivity index (χ1n) is 12.5. The van der Waals surface area contributed by atoms with Crippen molar-refractivity contribution in [2.45, 2.75) is 82.7 Å². The van der Waals surface area contributed by atoms with Crippen LogP contribution in [0.4, 0.5) is 0 Å². The molecule has 2 aromatic rings. The van der Waals surface area contributed by atoms with Crippen LogP contribution >= 0.6 is 0 Å². The number of aliphatic hydroxyl groups is 3. The van der Waals surface area contributed by atoms with E-state index in [9.17, 15) is 20.1 Å². The number of aliphatic hydroxyl groups excluding tert-OH is 1. The van der Waals surface area contributed by atoms with E-state index in [1.54, 1.807) is 45.2 Å². The molecule has 36 heavy (non-hydrogen) atoms. The van der Waals surface area contributed by atoms with Crippen LogP contribution in [-0.2, 0) is 6.42 Å². The largest absolute Gasteiger partial charge is 0.493 e. The van der Waals surface area contributed by atoms with Gasteiger partial charge in [-0.05, 0) is 56.2 Å². The summed E-state index contributed by atoms with van der Waals surface area (Å²) in [5, 5.41) is 35.8. The van der Waals surface area contributed by atoms with E-state index < -0.39 is 39.4 Å². The van der Waals surface area contributed by atoms with Crippen LogP contribution < -0.4 is 19.8 Å². The maximum absolute atomic E-state index is 13.3. The van der Waals surface area contributed by atoms with Gasteiger partial charge in [-0.25, -0.2) is 4.79 Å². The molecule has 0 unspecified atom stereocenters. The van der Waals surface area contributed by atoms with Crippen molar-refractivity contribution in [3.05, 3.63) is 40.2 Å². The Hall–Kier alpha value is -2.55. The molecule has 0 saturated heterocycles. The van der Waals surface area contributed by atoms with E-state index in [2.05, 4.69) is 0 Å². The third-order valence-corrected chi connectivity index (χ3v) is 9.83. The van der Waals surface area contributed by atoms with Crippen molar-refractivity contribution in [1.29, 1.82) is 0 Å². The molecule has 5 rings (SSSR count). The smallest absolute Gasteiger partial charge is 0.343 e. The minimum atomic E-state index is -1.71. The molecule has 0 radical (unpaired) electrons. The van der Waals surface area contributed by atoms with Crippen molar-refractivity contribution < 1.29 is 33.9 Å². The molecule has 0 bridgehead atoms. The molecule has 2 aliphatic carbocycles. The monoisotopic (exact) mass is 500 g/mol. The lowest BCUT2D eigenvalue weighted by atomic mass is 9.39. The summed E-state index contributed by atoms with van der Waals surface area (Å²) in [4.78, 5) is 13.3. The first kappa shape index (κ1) is 25.1. The van der Waals surface area contributed by atoms with Crippen LogP contribution in [0.15, 0.2) is 33.5 Å². The third-order valence-electron chi connectivity index (χ3n) is 9.83. The van der Waals surface area contributed by atoms with Gasteiger partial charge in [0.2, 0.25) is 0 Å². The maximum Gasteiger partial charge on any atom is 0.343 e. The second-order valence-corrected chi connectivity index (χ2v) is 11.7. The molecule has 1 aliphatic heterocycles. The summed E-state index contributed by atoms with van der Waals surface area (Å²) >= 11 is 0. The van der Waals surface area contributed by atoms with Crippen molar-refractivity contribution in [2.24, 2.45) is 10.8 Å². The Bertz CT molecular complexity index is 1270. The van der Waals surface area contributed by atoms with E-state index in [0.29, 0.717) is 54.3 Å². The van der Waals surface area contributed by atoms with Gasteiger partial charge in [0.15, 0.2) is 11.5 Å². The second kappa shape index (κ2) is 7.73. The van der Waals surface area contributed by atoms with Gasteiger partial charge in [0.1, 0.15) is 22.7 Å². The van der Waals surface area contributed by atoms with Gasteiger partial charge in [-0.1, -0.05) is 20.8 Å². The van der Waals surface area contributed by atoms with E-state index in [1.807, 2.05) is 13.8 Å². The number of hydrogen-bond acceptors (Lipinski definition) is 8. The van der Waals surface area contributed by atoms with Gasteiger partial charge in [-0.15, -0.1) is 0 Å². The molecule has 8 nitrogen and oxygen atoms in total. The first-order valence-corrected chi connectivity index (χ1v) is 12.5. The van der Waals surface area contributed by atoms with Crippen LogP contribution in [0, 0.1) is 10.8 Å². The lowest BCUT2D eigenvalue weighted by Crippen LogP contribution is -2.83. The second-order valence-electron chi connectivity index (χ2n) is 11.7. The van der Waals surface area contributed by atoms with Crippen LogP contribution in [0.5, 0.6) is 17.2 Å². The summed E-state index contributed by atoms with van der Waals surface area (Å²) in [6.07, 6.45) is 0.705.